The molecule has 0 aromatic heterocycles. The third-order valence-corrected chi connectivity index (χ3v) is 4.26. The molecule has 0 radical (unpaired) electrons. The van der Waals surface area contributed by atoms with Crippen LogP contribution in [0.1, 0.15) is 37.3 Å². The van der Waals surface area contributed by atoms with Crippen molar-refractivity contribution in [3.8, 4) is 0 Å². The first-order chi connectivity index (χ1) is 10.6. The van der Waals surface area contributed by atoms with E-state index in [0.29, 0.717) is 13.1 Å². The van der Waals surface area contributed by atoms with Gasteiger partial charge in [0.25, 0.3) is 0 Å². The lowest BCUT2D eigenvalue weighted by Crippen LogP contribution is -2.44. The summed E-state index contributed by atoms with van der Waals surface area (Å²) in [6, 6.07) is 8.39. The number of amides is 1. The lowest BCUT2D eigenvalue weighted by molar-refractivity contribution is -0.133. The van der Waals surface area contributed by atoms with Crippen molar-refractivity contribution in [3.63, 3.8) is 0 Å². The molecule has 1 saturated heterocycles. The van der Waals surface area contributed by atoms with Crippen LogP contribution in [0.5, 0.6) is 0 Å². The van der Waals surface area contributed by atoms with E-state index in [9.17, 15) is 9.90 Å². The van der Waals surface area contributed by atoms with Crippen LogP contribution in [0.4, 0.5) is 0 Å². The van der Waals surface area contributed by atoms with Crippen molar-refractivity contribution in [2.24, 2.45) is 0 Å². The lowest BCUT2D eigenvalue weighted by atomic mass is 10.1. The highest BCUT2D eigenvalue weighted by atomic mass is 16.3. The molecular weight excluding hydrogens is 276 g/mol. The number of carbonyl (C=O) groups excluding carboxylic acids is 1. The molecular formula is C18H28N2O2. The first-order valence-electron chi connectivity index (χ1n) is 8.32. The molecule has 1 heterocycles. The number of piperidine rings is 1. The fraction of sp³-hybridized carbons (Fsp3) is 0.611. The Bertz CT molecular complexity index is 464. The van der Waals surface area contributed by atoms with Crippen molar-refractivity contribution in [2.75, 3.05) is 26.2 Å². The Hall–Kier alpha value is -1.39. The maximum absolute atomic E-state index is 12.6. The van der Waals surface area contributed by atoms with Crippen LogP contribution < -0.4 is 0 Å². The Morgan fingerprint density at radius 1 is 1.27 bits per heavy atom. The summed E-state index contributed by atoms with van der Waals surface area (Å²) in [5.74, 6) is 0.193. The smallest absolute Gasteiger partial charge is 0.237 e. The molecule has 0 aliphatic carbocycles. The lowest BCUT2D eigenvalue weighted by Gasteiger charge is -2.31. The van der Waals surface area contributed by atoms with Gasteiger partial charge in [-0.25, -0.2) is 0 Å². The standard InChI is InChI=1S/C18H28N2O2/c1-3-10-20(13-16-6-4-15(2)5-7-16)18(22)14-19-11-8-17(21)9-12-19/h4-7,17,21H,3,8-14H2,1-2H3. The van der Waals surface area contributed by atoms with Crippen molar-refractivity contribution in [1.82, 2.24) is 9.80 Å². The van der Waals surface area contributed by atoms with Gasteiger partial charge in [-0.05, 0) is 31.7 Å². The largest absolute Gasteiger partial charge is 0.393 e. The van der Waals surface area contributed by atoms with Crippen LogP contribution in [-0.2, 0) is 11.3 Å². The van der Waals surface area contributed by atoms with Gasteiger partial charge in [0.15, 0.2) is 0 Å². The van der Waals surface area contributed by atoms with Gasteiger partial charge < -0.3 is 10.0 Å². The first-order valence-corrected chi connectivity index (χ1v) is 8.32. The molecule has 1 fully saturated rings. The van der Waals surface area contributed by atoms with Gasteiger partial charge in [0.1, 0.15) is 0 Å². The third kappa shape index (κ3) is 5.11. The molecule has 1 N–H and O–H groups in total. The Morgan fingerprint density at radius 3 is 2.50 bits per heavy atom. The molecule has 2 rings (SSSR count). The maximum atomic E-state index is 12.6. The molecule has 0 atom stereocenters. The third-order valence-electron chi connectivity index (χ3n) is 4.26. The number of aliphatic hydroxyl groups excluding tert-OH is 1. The quantitative estimate of drug-likeness (QED) is 0.876. The minimum absolute atomic E-state index is 0.189. The number of hydrogen-bond acceptors (Lipinski definition) is 3. The van der Waals surface area contributed by atoms with Gasteiger partial charge in [0.2, 0.25) is 5.91 Å². The highest BCUT2D eigenvalue weighted by Crippen LogP contribution is 2.12. The second kappa shape index (κ2) is 8.30. The number of benzene rings is 1. The van der Waals surface area contributed by atoms with Crippen LogP contribution >= 0.6 is 0 Å². The molecule has 1 amide bonds. The van der Waals surface area contributed by atoms with Crippen molar-refractivity contribution in [2.45, 2.75) is 45.8 Å². The van der Waals surface area contributed by atoms with E-state index < -0.39 is 0 Å². The number of hydrogen-bond donors (Lipinski definition) is 1. The molecule has 0 bridgehead atoms. The number of aryl methyl sites for hydroxylation is 1. The van der Waals surface area contributed by atoms with E-state index in [0.717, 1.165) is 38.9 Å². The predicted molar refractivity (Wildman–Crippen MR) is 88.6 cm³/mol. The van der Waals surface area contributed by atoms with Crippen molar-refractivity contribution in [1.29, 1.82) is 0 Å². The zero-order chi connectivity index (χ0) is 15.9. The Labute approximate surface area is 133 Å². The van der Waals surface area contributed by atoms with Gasteiger partial charge in [0.05, 0.1) is 12.6 Å². The van der Waals surface area contributed by atoms with Gasteiger partial charge >= 0.3 is 0 Å². The number of nitrogens with zero attached hydrogens (tertiary/aromatic N) is 2. The zero-order valence-electron chi connectivity index (χ0n) is 13.8. The van der Waals surface area contributed by atoms with Crippen molar-refractivity contribution >= 4 is 5.91 Å². The van der Waals surface area contributed by atoms with Crippen LogP contribution in [0.25, 0.3) is 0 Å². The molecule has 0 saturated carbocycles. The second-order valence-electron chi connectivity index (χ2n) is 6.31. The predicted octanol–water partition coefficient (Wildman–Crippen LogP) is 2.19. The van der Waals surface area contributed by atoms with E-state index in [-0.39, 0.29) is 12.0 Å². The maximum Gasteiger partial charge on any atom is 0.237 e. The topological polar surface area (TPSA) is 43.8 Å². The molecule has 1 aliphatic heterocycles. The van der Waals surface area contributed by atoms with E-state index in [1.807, 2.05) is 4.90 Å². The van der Waals surface area contributed by atoms with Gasteiger partial charge in [-0.1, -0.05) is 36.8 Å². The molecule has 1 aromatic rings. The van der Waals surface area contributed by atoms with Gasteiger partial charge in [0, 0.05) is 26.2 Å². The van der Waals surface area contributed by atoms with Crippen LogP contribution in [0.15, 0.2) is 24.3 Å². The monoisotopic (exact) mass is 304 g/mol. The van der Waals surface area contributed by atoms with E-state index in [1.165, 1.54) is 11.1 Å². The zero-order valence-corrected chi connectivity index (χ0v) is 13.8. The molecule has 4 nitrogen and oxygen atoms in total. The van der Waals surface area contributed by atoms with Crippen LogP contribution in [0, 0.1) is 6.92 Å². The number of rotatable bonds is 6. The molecule has 122 valence electrons. The molecule has 1 aliphatic rings. The first kappa shape index (κ1) is 17.0. The normalized spacial score (nSPS) is 16.7. The Morgan fingerprint density at radius 2 is 1.91 bits per heavy atom. The summed E-state index contributed by atoms with van der Waals surface area (Å²) in [7, 11) is 0. The average Bonchev–Trinajstić information content (AvgIpc) is 2.51. The van der Waals surface area contributed by atoms with Gasteiger partial charge in [-0.15, -0.1) is 0 Å². The highest BCUT2D eigenvalue weighted by Gasteiger charge is 2.21. The average molecular weight is 304 g/mol. The molecule has 22 heavy (non-hydrogen) atoms. The summed E-state index contributed by atoms with van der Waals surface area (Å²) >= 11 is 0. The fourth-order valence-corrected chi connectivity index (χ4v) is 2.84. The van der Waals surface area contributed by atoms with Gasteiger partial charge in [-0.3, -0.25) is 9.69 Å². The number of aliphatic hydroxyl groups is 1. The Balaban J connectivity index is 1.91. The van der Waals surface area contributed by atoms with Crippen molar-refractivity contribution in [3.05, 3.63) is 35.4 Å². The number of carbonyl (C=O) groups is 1. The summed E-state index contributed by atoms with van der Waals surface area (Å²) < 4.78 is 0. The minimum Gasteiger partial charge on any atom is -0.393 e. The summed E-state index contributed by atoms with van der Waals surface area (Å²) in [5.41, 5.74) is 2.42. The molecule has 4 heteroatoms. The molecule has 0 spiro atoms. The van der Waals surface area contributed by atoms with Crippen LogP contribution in [0.3, 0.4) is 0 Å². The molecule has 1 aromatic carbocycles. The van der Waals surface area contributed by atoms with E-state index in [2.05, 4.69) is 43.0 Å². The van der Waals surface area contributed by atoms with E-state index in [4.69, 9.17) is 0 Å². The fourth-order valence-electron chi connectivity index (χ4n) is 2.84. The van der Waals surface area contributed by atoms with E-state index >= 15 is 0 Å². The van der Waals surface area contributed by atoms with Crippen molar-refractivity contribution < 1.29 is 9.90 Å². The summed E-state index contributed by atoms with van der Waals surface area (Å²) in [6.45, 7) is 7.76. The summed E-state index contributed by atoms with van der Waals surface area (Å²) in [5, 5.41) is 9.55. The minimum atomic E-state index is -0.189. The van der Waals surface area contributed by atoms with E-state index in [1.54, 1.807) is 0 Å². The highest BCUT2D eigenvalue weighted by molar-refractivity contribution is 5.78. The Kier molecular flexibility index (Phi) is 6.40. The van der Waals surface area contributed by atoms with Crippen LogP contribution in [0.2, 0.25) is 0 Å². The molecule has 0 unspecified atom stereocenters. The SMILES string of the molecule is CCCN(Cc1ccc(C)cc1)C(=O)CN1CCC(O)CC1. The summed E-state index contributed by atoms with van der Waals surface area (Å²) in [6.07, 6.45) is 2.33. The van der Waals surface area contributed by atoms with Crippen LogP contribution in [-0.4, -0.2) is 53.1 Å². The van der Waals surface area contributed by atoms with Gasteiger partial charge in [-0.2, -0.15) is 0 Å². The second-order valence-corrected chi connectivity index (χ2v) is 6.31. The summed E-state index contributed by atoms with van der Waals surface area (Å²) in [4.78, 5) is 16.7. The number of likely N-dealkylation sites (tertiary alicyclic amines) is 1.